The number of terminal acetylenes is 1. The first-order valence-electron chi connectivity index (χ1n) is 4.79. The van der Waals surface area contributed by atoms with E-state index in [-0.39, 0.29) is 12.4 Å². The first-order chi connectivity index (χ1) is 8.34. The number of alkyl halides is 3. The fraction of sp³-hybridized carbons (Fsp3) is 0.273. The number of halogens is 3. The number of hydrogen-bond acceptors (Lipinski definition) is 3. The second-order valence-electron chi connectivity index (χ2n) is 3.33. The van der Waals surface area contributed by atoms with Gasteiger partial charge in [-0.05, 0) is 12.1 Å². The number of aromatic nitrogens is 1. The van der Waals surface area contributed by atoms with Crippen molar-refractivity contribution in [3.05, 3.63) is 23.9 Å². The third kappa shape index (κ3) is 3.66. The first-order valence-corrected chi connectivity index (χ1v) is 4.79. The smallest absolute Gasteiger partial charge is 0.433 e. The molecule has 96 valence electrons. The Morgan fingerprint density at radius 1 is 1.50 bits per heavy atom. The van der Waals surface area contributed by atoms with Crippen molar-refractivity contribution in [3.63, 3.8) is 0 Å². The number of carbonyl (C=O) groups is 1. The molecule has 18 heavy (non-hydrogen) atoms. The molecule has 1 heterocycles. The lowest BCUT2D eigenvalue weighted by Crippen LogP contribution is -2.31. The van der Waals surface area contributed by atoms with E-state index in [0.717, 1.165) is 17.0 Å². The van der Waals surface area contributed by atoms with Crippen LogP contribution in [0.1, 0.15) is 5.69 Å². The molecule has 0 spiro atoms. The molecular formula is C11H9F3N2O2. The van der Waals surface area contributed by atoms with Gasteiger partial charge in [0.15, 0.2) is 0 Å². The molecule has 0 fully saturated rings. The van der Waals surface area contributed by atoms with Crippen molar-refractivity contribution < 1.29 is 23.1 Å². The van der Waals surface area contributed by atoms with Crippen molar-refractivity contribution in [2.24, 2.45) is 0 Å². The topological polar surface area (TPSA) is 53.4 Å². The maximum atomic E-state index is 12.4. The fourth-order valence-corrected chi connectivity index (χ4v) is 1.25. The summed E-state index contributed by atoms with van der Waals surface area (Å²) in [7, 11) is 0. The third-order valence-electron chi connectivity index (χ3n) is 1.96. The van der Waals surface area contributed by atoms with Gasteiger partial charge in [0.1, 0.15) is 18.1 Å². The maximum absolute atomic E-state index is 12.4. The Morgan fingerprint density at radius 2 is 2.17 bits per heavy atom. The second kappa shape index (κ2) is 5.40. The quantitative estimate of drug-likeness (QED) is 0.834. The van der Waals surface area contributed by atoms with Crippen LogP contribution in [-0.2, 0) is 11.0 Å². The first kappa shape index (κ1) is 13.8. The average Bonchev–Trinajstić information content (AvgIpc) is 2.27. The predicted molar refractivity (Wildman–Crippen MR) is 57.9 cm³/mol. The zero-order valence-corrected chi connectivity index (χ0v) is 9.11. The molecule has 0 radical (unpaired) electrons. The van der Waals surface area contributed by atoms with Crippen LogP contribution in [0.3, 0.4) is 0 Å². The van der Waals surface area contributed by atoms with Crippen LogP contribution < -0.4 is 4.90 Å². The van der Waals surface area contributed by atoms with Crippen LogP contribution in [-0.4, -0.2) is 29.1 Å². The molecule has 0 aliphatic rings. The molecule has 1 aromatic heterocycles. The molecule has 1 aromatic rings. The summed E-state index contributed by atoms with van der Waals surface area (Å²) in [5.74, 6) is 0.847. The largest absolute Gasteiger partial charge is 0.480 e. The Hall–Kier alpha value is -2.23. The lowest BCUT2D eigenvalue weighted by atomic mass is 10.3. The molecule has 0 aliphatic heterocycles. The van der Waals surface area contributed by atoms with E-state index in [1.165, 1.54) is 6.07 Å². The molecule has 0 unspecified atom stereocenters. The fourth-order valence-electron chi connectivity index (χ4n) is 1.25. The summed E-state index contributed by atoms with van der Waals surface area (Å²) in [4.78, 5) is 15.0. The SMILES string of the molecule is C#CCN(CC(=O)O)c1cccc(C(F)(F)F)n1. The highest BCUT2D eigenvalue weighted by atomic mass is 19.4. The molecule has 7 heteroatoms. The van der Waals surface area contributed by atoms with Crippen LogP contribution in [0.5, 0.6) is 0 Å². The van der Waals surface area contributed by atoms with Crippen molar-refractivity contribution in [1.29, 1.82) is 0 Å². The van der Waals surface area contributed by atoms with Crippen LogP contribution in [0, 0.1) is 12.3 Å². The van der Waals surface area contributed by atoms with Crippen LogP contribution in [0.15, 0.2) is 18.2 Å². The Labute approximate surface area is 101 Å². The van der Waals surface area contributed by atoms with Crippen LogP contribution in [0.25, 0.3) is 0 Å². The summed E-state index contributed by atoms with van der Waals surface area (Å²) in [5, 5.41) is 8.64. The number of hydrogen-bond donors (Lipinski definition) is 1. The van der Waals surface area contributed by atoms with E-state index in [0.29, 0.717) is 0 Å². The molecule has 1 rings (SSSR count). The molecule has 0 aromatic carbocycles. The van der Waals surface area contributed by atoms with Crippen LogP contribution in [0.4, 0.5) is 19.0 Å². The van der Waals surface area contributed by atoms with Crippen molar-refractivity contribution in [2.75, 3.05) is 18.0 Å². The predicted octanol–water partition coefficient (Wildman–Crippen LogP) is 1.62. The molecule has 4 nitrogen and oxygen atoms in total. The van der Waals surface area contributed by atoms with Gasteiger partial charge < -0.3 is 10.0 Å². The van der Waals surface area contributed by atoms with Crippen molar-refractivity contribution >= 4 is 11.8 Å². The van der Waals surface area contributed by atoms with E-state index in [2.05, 4.69) is 10.9 Å². The highest BCUT2D eigenvalue weighted by Crippen LogP contribution is 2.28. The van der Waals surface area contributed by atoms with Gasteiger partial charge in [-0.1, -0.05) is 12.0 Å². The summed E-state index contributed by atoms with van der Waals surface area (Å²) in [6.07, 6.45) is 0.449. The number of rotatable bonds is 4. The zero-order chi connectivity index (χ0) is 13.8. The molecule has 0 saturated carbocycles. The Bertz CT molecular complexity index is 480. The van der Waals surface area contributed by atoms with Gasteiger partial charge >= 0.3 is 12.1 Å². The maximum Gasteiger partial charge on any atom is 0.433 e. The van der Waals surface area contributed by atoms with Crippen molar-refractivity contribution in [2.45, 2.75) is 6.18 Å². The van der Waals surface area contributed by atoms with E-state index in [1.54, 1.807) is 0 Å². The third-order valence-corrected chi connectivity index (χ3v) is 1.96. The minimum atomic E-state index is -4.58. The summed E-state index contributed by atoms with van der Waals surface area (Å²) in [6, 6.07) is 3.23. The van der Waals surface area contributed by atoms with E-state index in [9.17, 15) is 18.0 Å². The molecule has 0 atom stereocenters. The van der Waals surface area contributed by atoms with Gasteiger partial charge in [-0.3, -0.25) is 4.79 Å². The number of anilines is 1. The Morgan fingerprint density at radius 3 is 2.67 bits per heavy atom. The van der Waals surface area contributed by atoms with Crippen molar-refractivity contribution in [3.8, 4) is 12.3 Å². The Balaban J connectivity index is 3.06. The van der Waals surface area contributed by atoms with Gasteiger partial charge in [-0.15, -0.1) is 6.42 Å². The van der Waals surface area contributed by atoms with Gasteiger partial charge in [0.25, 0.3) is 0 Å². The average molecular weight is 258 g/mol. The zero-order valence-electron chi connectivity index (χ0n) is 9.11. The van der Waals surface area contributed by atoms with Gasteiger partial charge in [-0.25, -0.2) is 4.98 Å². The summed E-state index contributed by atoms with van der Waals surface area (Å²) < 4.78 is 37.3. The van der Waals surface area contributed by atoms with E-state index >= 15 is 0 Å². The van der Waals surface area contributed by atoms with Crippen molar-refractivity contribution in [1.82, 2.24) is 4.98 Å². The normalized spacial score (nSPS) is 10.8. The van der Waals surface area contributed by atoms with E-state index in [1.807, 2.05) is 0 Å². The number of carboxylic acid groups (broad SMARTS) is 1. The summed E-state index contributed by atoms with van der Waals surface area (Å²) in [5.41, 5.74) is -1.09. The second-order valence-corrected chi connectivity index (χ2v) is 3.33. The molecule has 1 N–H and O–H groups in total. The lowest BCUT2D eigenvalue weighted by molar-refractivity contribution is -0.141. The summed E-state index contributed by atoms with van der Waals surface area (Å²) in [6.45, 7) is -0.654. The van der Waals surface area contributed by atoms with Gasteiger partial charge in [0.05, 0.1) is 6.54 Å². The summed E-state index contributed by atoms with van der Waals surface area (Å²) >= 11 is 0. The highest BCUT2D eigenvalue weighted by molar-refractivity contribution is 5.73. The molecular weight excluding hydrogens is 249 g/mol. The van der Waals surface area contributed by atoms with E-state index in [4.69, 9.17) is 11.5 Å². The number of nitrogens with zero attached hydrogens (tertiary/aromatic N) is 2. The number of pyridine rings is 1. The monoisotopic (exact) mass is 258 g/mol. The lowest BCUT2D eigenvalue weighted by Gasteiger charge is -2.19. The van der Waals surface area contributed by atoms with Gasteiger partial charge in [0.2, 0.25) is 0 Å². The highest BCUT2D eigenvalue weighted by Gasteiger charge is 2.32. The van der Waals surface area contributed by atoms with Gasteiger partial charge in [-0.2, -0.15) is 13.2 Å². The number of aliphatic carboxylic acids is 1. The molecule has 0 amide bonds. The minimum absolute atomic E-state index is 0.120. The minimum Gasteiger partial charge on any atom is -0.480 e. The van der Waals surface area contributed by atoms with E-state index < -0.39 is 24.4 Å². The Kier molecular flexibility index (Phi) is 4.15. The van der Waals surface area contributed by atoms with Gasteiger partial charge in [0, 0.05) is 0 Å². The number of carboxylic acids is 1. The molecule has 0 bridgehead atoms. The molecule has 0 saturated heterocycles. The van der Waals surface area contributed by atoms with Crippen LogP contribution in [0.2, 0.25) is 0 Å². The molecule has 0 aliphatic carbocycles. The van der Waals surface area contributed by atoms with Crippen LogP contribution >= 0.6 is 0 Å². The standard InChI is InChI=1S/C11H9F3N2O2/c1-2-6-16(7-10(17)18)9-5-3-4-8(15-9)11(12,13)14/h1,3-5H,6-7H2,(H,17,18).